The number of nitrogens with two attached hydrogens (primary N) is 1. The van der Waals surface area contributed by atoms with Crippen LogP contribution in [-0.2, 0) is 21.2 Å². The molecular formula is C16H27ClN2O4S. The summed E-state index contributed by atoms with van der Waals surface area (Å²) in [4.78, 5) is 11.9. The van der Waals surface area contributed by atoms with Crippen LogP contribution < -0.4 is 15.8 Å². The molecule has 0 fully saturated rings. The smallest absolute Gasteiger partial charge is 0.237 e. The third kappa shape index (κ3) is 9.10. The minimum absolute atomic E-state index is 0. The number of hydrogen-bond donors (Lipinski definition) is 2. The molecule has 0 spiro atoms. The third-order valence-electron chi connectivity index (χ3n) is 3.13. The lowest BCUT2D eigenvalue weighted by Crippen LogP contribution is -2.41. The van der Waals surface area contributed by atoms with Gasteiger partial charge in [0.15, 0.2) is 0 Å². The highest BCUT2D eigenvalue weighted by molar-refractivity contribution is 7.90. The third-order valence-corrected chi connectivity index (χ3v) is 4.11. The van der Waals surface area contributed by atoms with Gasteiger partial charge in [-0.25, -0.2) is 8.42 Å². The molecule has 1 unspecified atom stereocenters. The van der Waals surface area contributed by atoms with E-state index in [1.807, 2.05) is 24.3 Å². The van der Waals surface area contributed by atoms with Crippen LogP contribution in [-0.4, -0.2) is 39.0 Å². The Balaban J connectivity index is 0.00000529. The highest BCUT2D eigenvalue weighted by atomic mass is 35.5. The van der Waals surface area contributed by atoms with Gasteiger partial charge in [0.25, 0.3) is 0 Å². The molecule has 0 saturated heterocycles. The number of rotatable bonds is 9. The van der Waals surface area contributed by atoms with E-state index in [1.165, 1.54) is 0 Å². The first-order chi connectivity index (χ1) is 10.7. The van der Waals surface area contributed by atoms with E-state index in [0.717, 1.165) is 17.6 Å². The summed E-state index contributed by atoms with van der Waals surface area (Å²) in [5.41, 5.74) is 6.58. The van der Waals surface area contributed by atoms with Crippen LogP contribution in [0.15, 0.2) is 24.3 Å². The van der Waals surface area contributed by atoms with Gasteiger partial charge in [0.1, 0.15) is 15.6 Å². The molecule has 6 nitrogen and oxygen atoms in total. The van der Waals surface area contributed by atoms with Crippen LogP contribution >= 0.6 is 12.4 Å². The molecular weight excluding hydrogens is 352 g/mol. The zero-order chi connectivity index (χ0) is 17.5. The summed E-state index contributed by atoms with van der Waals surface area (Å²) < 4.78 is 27.9. The summed E-state index contributed by atoms with van der Waals surface area (Å²) in [5.74, 6) is 0.663. The van der Waals surface area contributed by atoms with E-state index in [4.69, 9.17) is 10.5 Å². The first-order valence-corrected chi connectivity index (χ1v) is 9.67. The second kappa shape index (κ2) is 10.5. The fraction of sp³-hybridized carbons (Fsp3) is 0.562. The number of hydrogen-bond acceptors (Lipinski definition) is 5. The first-order valence-electron chi connectivity index (χ1n) is 7.60. The molecule has 1 amide bonds. The summed E-state index contributed by atoms with van der Waals surface area (Å²) in [6, 6.07) is 6.63. The normalized spacial score (nSPS) is 12.4. The molecule has 0 aliphatic carbocycles. The standard InChI is InChI=1S/C16H26N2O4S.ClH/c1-12(2)11-22-15-7-5-4-6-13(15)10-18-16(19)14(17)8-9-23(3,20)21;/h4-7,12,14H,8-11,17H2,1-3H3,(H,18,19);1H. The van der Waals surface area contributed by atoms with Crippen LogP contribution in [0, 0.1) is 5.92 Å². The average molecular weight is 379 g/mol. The molecule has 0 aromatic heterocycles. The van der Waals surface area contributed by atoms with Gasteiger partial charge < -0.3 is 15.8 Å². The molecule has 0 saturated carbocycles. The second-order valence-electron chi connectivity index (χ2n) is 6.06. The first kappa shape index (κ1) is 22.7. The molecule has 0 radical (unpaired) electrons. The number of benzene rings is 1. The molecule has 0 heterocycles. The van der Waals surface area contributed by atoms with Crippen molar-refractivity contribution in [1.82, 2.24) is 5.32 Å². The highest BCUT2D eigenvalue weighted by Crippen LogP contribution is 2.18. The van der Waals surface area contributed by atoms with Crippen LogP contribution in [0.25, 0.3) is 0 Å². The van der Waals surface area contributed by atoms with E-state index in [-0.39, 0.29) is 30.5 Å². The predicted molar refractivity (Wildman–Crippen MR) is 98.2 cm³/mol. The van der Waals surface area contributed by atoms with E-state index < -0.39 is 15.9 Å². The molecule has 8 heteroatoms. The number of amides is 1. The second-order valence-corrected chi connectivity index (χ2v) is 8.32. The summed E-state index contributed by atoms with van der Waals surface area (Å²) in [5, 5.41) is 2.72. The predicted octanol–water partition coefficient (Wildman–Crippen LogP) is 1.52. The lowest BCUT2D eigenvalue weighted by atomic mass is 10.1. The van der Waals surface area contributed by atoms with Crippen LogP contribution in [0.4, 0.5) is 0 Å². The Morgan fingerprint density at radius 3 is 2.50 bits per heavy atom. The van der Waals surface area contributed by atoms with Crippen molar-refractivity contribution >= 4 is 28.2 Å². The monoisotopic (exact) mass is 378 g/mol. The Morgan fingerprint density at radius 2 is 1.92 bits per heavy atom. The van der Waals surface area contributed by atoms with Gasteiger partial charge in [-0.2, -0.15) is 0 Å². The van der Waals surface area contributed by atoms with Crippen LogP contribution in [0.2, 0.25) is 0 Å². The van der Waals surface area contributed by atoms with Gasteiger partial charge in [-0.3, -0.25) is 4.79 Å². The lowest BCUT2D eigenvalue weighted by molar-refractivity contribution is -0.122. The molecule has 3 N–H and O–H groups in total. The minimum atomic E-state index is -3.12. The van der Waals surface area contributed by atoms with Gasteiger partial charge in [-0.1, -0.05) is 32.0 Å². The van der Waals surface area contributed by atoms with Gasteiger partial charge in [-0.15, -0.1) is 12.4 Å². The van der Waals surface area contributed by atoms with Crippen LogP contribution in [0.3, 0.4) is 0 Å². The lowest BCUT2D eigenvalue weighted by Gasteiger charge is -2.15. The number of halogens is 1. The molecule has 0 aliphatic rings. The summed E-state index contributed by atoms with van der Waals surface area (Å²) in [6.45, 7) is 5.01. The van der Waals surface area contributed by atoms with Gasteiger partial charge in [0, 0.05) is 18.4 Å². The van der Waals surface area contributed by atoms with Crippen molar-refractivity contribution in [2.24, 2.45) is 11.7 Å². The molecule has 0 aliphatic heterocycles. The molecule has 1 rings (SSSR count). The topological polar surface area (TPSA) is 98.5 Å². The van der Waals surface area contributed by atoms with E-state index in [1.54, 1.807) is 0 Å². The average Bonchev–Trinajstić information content (AvgIpc) is 2.48. The van der Waals surface area contributed by atoms with E-state index >= 15 is 0 Å². The van der Waals surface area contributed by atoms with Gasteiger partial charge >= 0.3 is 0 Å². The fourth-order valence-corrected chi connectivity index (χ4v) is 2.51. The number of carbonyl (C=O) groups is 1. The minimum Gasteiger partial charge on any atom is -0.493 e. The van der Waals surface area contributed by atoms with Crippen molar-refractivity contribution in [2.45, 2.75) is 32.9 Å². The number of para-hydroxylation sites is 1. The van der Waals surface area contributed by atoms with E-state index in [0.29, 0.717) is 19.1 Å². The quantitative estimate of drug-likeness (QED) is 0.678. The Bertz CT molecular complexity index is 620. The van der Waals surface area contributed by atoms with Gasteiger partial charge in [0.05, 0.1) is 18.4 Å². The fourth-order valence-electron chi connectivity index (χ4n) is 1.83. The van der Waals surface area contributed by atoms with Crippen molar-refractivity contribution in [3.63, 3.8) is 0 Å². The zero-order valence-electron chi connectivity index (χ0n) is 14.3. The van der Waals surface area contributed by atoms with E-state index in [9.17, 15) is 13.2 Å². The maximum Gasteiger partial charge on any atom is 0.237 e. The Morgan fingerprint density at radius 1 is 1.29 bits per heavy atom. The van der Waals surface area contributed by atoms with Crippen molar-refractivity contribution in [1.29, 1.82) is 0 Å². The van der Waals surface area contributed by atoms with Crippen molar-refractivity contribution in [2.75, 3.05) is 18.6 Å². The van der Waals surface area contributed by atoms with Crippen LogP contribution in [0.5, 0.6) is 5.75 Å². The molecule has 138 valence electrons. The zero-order valence-corrected chi connectivity index (χ0v) is 16.0. The molecule has 1 atom stereocenters. The Labute approximate surface area is 150 Å². The van der Waals surface area contributed by atoms with Gasteiger partial charge in [-0.05, 0) is 18.4 Å². The van der Waals surface area contributed by atoms with Crippen LogP contribution in [0.1, 0.15) is 25.8 Å². The molecule has 1 aromatic rings. The Kier molecular flexibility index (Phi) is 9.96. The SMILES string of the molecule is CC(C)COc1ccccc1CNC(=O)C(N)CCS(C)(=O)=O.Cl. The summed E-state index contributed by atoms with van der Waals surface area (Å²) in [7, 11) is -3.12. The van der Waals surface area contributed by atoms with Crippen molar-refractivity contribution in [3.05, 3.63) is 29.8 Å². The molecule has 0 bridgehead atoms. The number of sulfone groups is 1. The maximum absolute atomic E-state index is 11.9. The van der Waals surface area contributed by atoms with Gasteiger partial charge in [0.2, 0.25) is 5.91 Å². The highest BCUT2D eigenvalue weighted by Gasteiger charge is 2.16. The summed E-state index contributed by atoms with van der Waals surface area (Å²) in [6.07, 6.45) is 1.23. The van der Waals surface area contributed by atoms with Crippen molar-refractivity contribution < 1.29 is 17.9 Å². The Hall–Kier alpha value is -1.31. The molecule has 24 heavy (non-hydrogen) atoms. The number of nitrogens with one attached hydrogen (secondary N) is 1. The number of ether oxygens (including phenoxy) is 1. The largest absolute Gasteiger partial charge is 0.493 e. The number of carbonyl (C=O) groups excluding carboxylic acids is 1. The van der Waals surface area contributed by atoms with Crippen molar-refractivity contribution in [3.8, 4) is 5.75 Å². The molecule has 1 aromatic carbocycles. The maximum atomic E-state index is 11.9. The van der Waals surface area contributed by atoms with E-state index in [2.05, 4.69) is 19.2 Å². The summed E-state index contributed by atoms with van der Waals surface area (Å²) >= 11 is 0.